The van der Waals surface area contributed by atoms with E-state index in [2.05, 4.69) is 11.2 Å². The van der Waals surface area contributed by atoms with Crippen LogP contribution in [0.2, 0.25) is 0 Å². The largest absolute Gasteiger partial charge is 0.331 e. The van der Waals surface area contributed by atoms with Crippen LogP contribution in [0, 0.1) is 24.2 Å². The maximum Gasteiger partial charge on any atom is 0.331 e. The topological polar surface area (TPSA) is 66.5 Å². The summed E-state index contributed by atoms with van der Waals surface area (Å²) in [6.45, 7) is 1.81. The number of imide groups is 2. The Kier molecular flexibility index (Phi) is 3.89. The van der Waals surface area contributed by atoms with Crippen LogP contribution in [0.5, 0.6) is 0 Å². The maximum absolute atomic E-state index is 12.4. The zero-order chi connectivity index (χ0) is 14.0. The third-order valence-electron chi connectivity index (χ3n) is 4.00. The lowest BCUT2D eigenvalue weighted by molar-refractivity contribution is -0.145. The van der Waals surface area contributed by atoms with E-state index in [1.807, 2.05) is 6.92 Å². The van der Waals surface area contributed by atoms with E-state index in [9.17, 15) is 14.4 Å². The van der Waals surface area contributed by atoms with Gasteiger partial charge in [-0.2, -0.15) is 0 Å². The van der Waals surface area contributed by atoms with Crippen molar-refractivity contribution in [3.05, 3.63) is 0 Å². The highest BCUT2D eigenvalue weighted by atomic mass is 16.2. The molecule has 102 valence electrons. The molecule has 1 aliphatic carbocycles. The van der Waals surface area contributed by atoms with Crippen molar-refractivity contribution in [3.63, 3.8) is 0 Å². The van der Waals surface area contributed by atoms with Gasteiger partial charge in [-0.25, -0.2) is 9.69 Å². The predicted molar refractivity (Wildman–Crippen MR) is 68.7 cm³/mol. The Morgan fingerprint density at radius 1 is 1.37 bits per heavy atom. The summed E-state index contributed by atoms with van der Waals surface area (Å²) in [6.07, 6.45) is 9.63. The van der Waals surface area contributed by atoms with Crippen LogP contribution in [0.3, 0.4) is 0 Å². The number of barbiturate groups is 1. The Morgan fingerprint density at radius 3 is 2.53 bits per heavy atom. The van der Waals surface area contributed by atoms with Crippen LogP contribution in [0.25, 0.3) is 0 Å². The summed E-state index contributed by atoms with van der Waals surface area (Å²) in [5.74, 6) is 0.841. The fourth-order valence-corrected chi connectivity index (χ4v) is 2.98. The fourth-order valence-electron chi connectivity index (χ4n) is 2.98. The molecule has 2 atom stereocenters. The SMILES string of the molecule is C#CC(CC)N1C(=O)NC(=O)C(C2CCCC2)C1=O. The molecule has 0 spiro atoms. The minimum atomic E-state index is -0.748. The number of hydrogen-bond acceptors (Lipinski definition) is 3. The predicted octanol–water partition coefficient (Wildman–Crippen LogP) is 1.28. The van der Waals surface area contributed by atoms with Gasteiger partial charge in [0, 0.05) is 0 Å². The summed E-state index contributed by atoms with van der Waals surface area (Å²) in [4.78, 5) is 37.2. The zero-order valence-corrected chi connectivity index (χ0v) is 11.0. The second-order valence-electron chi connectivity index (χ2n) is 5.12. The first-order valence-corrected chi connectivity index (χ1v) is 6.74. The van der Waals surface area contributed by atoms with Crippen LogP contribution in [-0.2, 0) is 9.59 Å². The van der Waals surface area contributed by atoms with Gasteiger partial charge in [-0.15, -0.1) is 6.42 Å². The summed E-state index contributed by atoms with van der Waals surface area (Å²) in [6, 6.07) is -1.27. The van der Waals surface area contributed by atoms with Crippen molar-refractivity contribution < 1.29 is 14.4 Å². The molecule has 5 nitrogen and oxygen atoms in total. The summed E-state index contributed by atoms with van der Waals surface area (Å²) in [5.41, 5.74) is 0. The van der Waals surface area contributed by atoms with Gasteiger partial charge < -0.3 is 0 Å². The molecule has 19 heavy (non-hydrogen) atoms. The average molecular weight is 262 g/mol. The van der Waals surface area contributed by atoms with Crippen molar-refractivity contribution in [1.29, 1.82) is 0 Å². The van der Waals surface area contributed by atoms with Crippen molar-refractivity contribution in [2.24, 2.45) is 11.8 Å². The number of amides is 4. The van der Waals surface area contributed by atoms with E-state index in [1.54, 1.807) is 0 Å². The Labute approximate surface area is 112 Å². The van der Waals surface area contributed by atoms with Crippen molar-refractivity contribution in [1.82, 2.24) is 10.2 Å². The molecular formula is C14H18N2O3. The lowest BCUT2D eigenvalue weighted by Crippen LogP contribution is -2.61. The van der Waals surface area contributed by atoms with E-state index in [1.165, 1.54) is 0 Å². The van der Waals surface area contributed by atoms with Crippen molar-refractivity contribution >= 4 is 17.8 Å². The van der Waals surface area contributed by atoms with Gasteiger partial charge >= 0.3 is 6.03 Å². The molecule has 2 fully saturated rings. The molecule has 2 rings (SSSR count). The number of rotatable bonds is 3. The van der Waals surface area contributed by atoms with E-state index in [0.717, 1.165) is 30.6 Å². The Hall–Kier alpha value is -1.83. The molecule has 2 aliphatic rings. The van der Waals surface area contributed by atoms with Gasteiger partial charge in [0.25, 0.3) is 0 Å². The molecule has 0 aromatic rings. The number of nitrogens with one attached hydrogen (secondary N) is 1. The van der Waals surface area contributed by atoms with Crippen molar-refractivity contribution in [2.45, 2.75) is 45.1 Å². The van der Waals surface area contributed by atoms with E-state index in [-0.39, 0.29) is 5.92 Å². The normalized spacial score (nSPS) is 26.2. The fraction of sp³-hybridized carbons (Fsp3) is 0.643. The van der Waals surface area contributed by atoms with Crippen LogP contribution >= 0.6 is 0 Å². The molecule has 1 N–H and O–H groups in total. The number of carbonyl (C=O) groups is 3. The van der Waals surface area contributed by atoms with Gasteiger partial charge in [-0.05, 0) is 25.2 Å². The summed E-state index contributed by atoms with van der Waals surface area (Å²) < 4.78 is 0. The summed E-state index contributed by atoms with van der Waals surface area (Å²) in [7, 11) is 0. The van der Waals surface area contributed by atoms with E-state index < -0.39 is 29.8 Å². The summed E-state index contributed by atoms with van der Waals surface area (Å²) in [5, 5.41) is 2.27. The van der Waals surface area contributed by atoms with Crippen LogP contribution in [0.15, 0.2) is 0 Å². The first kappa shape index (κ1) is 13.6. The van der Waals surface area contributed by atoms with E-state index in [4.69, 9.17) is 6.42 Å². The van der Waals surface area contributed by atoms with E-state index >= 15 is 0 Å². The lowest BCUT2D eigenvalue weighted by atomic mass is 9.87. The van der Waals surface area contributed by atoms with E-state index in [0.29, 0.717) is 6.42 Å². The maximum atomic E-state index is 12.4. The molecule has 0 aromatic heterocycles. The first-order valence-electron chi connectivity index (χ1n) is 6.74. The van der Waals surface area contributed by atoms with Gasteiger partial charge in [0.2, 0.25) is 11.8 Å². The lowest BCUT2D eigenvalue weighted by Gasteiger charge is -2.35. The number of nitrogens with zero attached hydrogens (tertiary/aromatic N) is 1. The molecule has 1 heterocycles. The zero-order valence-electron chi connectivity index (χ0n) is 11.0. The molecule has 1 saturated carbocycles. The number of carbonyl (C=O) groups excluding carboxylic acids is 3. The van der Waals surface area contributed by atoms with Gasteiger partial charge in [0.15, 0.2) is 0 Å². The van der Waals surface area contributed by atoms with Crippen LogP contribution in [0.1, 0.15) is 39.0 Å². The quantitative estimate of drug-likeness (QED) is 0.615. The van der Waals surface area contributed by atoms with Gasteiger partial charge in [0.05, 0.1) is 0 Å². The minimum absolute atomic E-state index is 0.0402. The smallest absolute Gasteiger partial charge is 0.277 e. The number of hydrogen-bond donors (Lipinski definition) is 1. The molecule has 0 aromatic carbocycles. The highest BCUT2D eigenvalue weighted by molar-refractivity contribution is 6.16. The molecule has 1 saturated heterocycles. The standard InChI is InChI=1S/C14H18N2O3/c1-3-10(4-2)16-13(18)11(9-7-5-6-8-9)12(17)15-14(16)19/h1,9-11H,4-8H2,2H3,(H,15,17,19). The van der Waals surface area contributed by atoms with Gasteiger partial charge in [0.1, 0.15) is 12.0 Å². The second-order valence-corrected chi connectivity index (χ2v) is 5.12. The molecule has 5 heteroatoms. The third kappa shape index (κ3) is 2.35. The molecule has 0 bridgehead atoms. The number of terminal acetylenes is 1. The first-order chi connectivity index (χ1) is 9.10. The molecule has 2 unspecified atom stereocenters. The minimum Gasteiger partial charge on any atom is -0.277 e. The Bertz CT molecular complexity index is 446. The number of urea groups is 1. The average Bonchev–Trinajstić information content (AvgIpc) is 2.87. The summed E-state index contributed by atoms with van der Waals surface area (Å²) >= 11 is 0. The second kappa shape index (κ2) is 5.43. The monoisotopic (exact) mass is 262 g/mol. The van der Waals surface area contributed by atoms with Crippen LogP contribution in [-0.4, -0.2) is 28.8 Å². The third-order valence-corrected chi connectivity index (χ3v) is 4.00. The van der Waals surface area contributed by atoms with Gasteiger partial charge in [-0.1, -0.05) is 25.7 Å². The molecule has 4 amide bonds. The van der Waals surface area contributed by atoms with Crippen molar-refractivity contribution in [3.8, 4) is 12.3 Å². The Morgan fingerprint density at radius 2 is 2.00 bits per heavy atom. The van der Waals surface area contributed by atoms with Crippen LogP contribution in [0.4, 0.5) is 4.79 Å². The van der Waals surface area contributed by atoms with Crippen LogP contribution < -0.4 is 5.32 Å². The highest BCUT2D eigenvalue weighted by Crippen LogP contribution is 2.34. The molecule has 0 radical (unpaired) electrons. The highest BCUT2D eigenvalue weighted by Gasteiger charge is 2.46. The van der Waals surface area contributed by atoms with Crippen molar-refractivity contribution in [2.75, 3.05) is 0 Å². The molecule has 1 aliphatic heterocycles. The molecular weight excluding hydrogens is 244 g/mol. The Balaban J connectivity index is 2.26. The van der Waals surface area contributed by atoms with Gasteiger partial charge in [-0.3, -0.25) is 14.9 Å².